The Bertz CT molecular complexity index is 387. The fraction of sp³-hybridized carbons (Fsp3) is 0.571. The lowest BCUT2D eigenvalue weighted by Gasteiger charge is -2.15. The van der Waals surface area contributed by atoms with Crippen LogP contribution in [0.15, 0.2) is 18.2 Å². The third-order valence-corrected chi connectivity index (χ3v) is 3.15. The smallest absolute Gasteiger partial charge is 0.127 e. The lowest BCUT2D eigenvalue weighted by atomic mass is 10.1. The van der Waals surface area contributed by atoms with E-state index in [1.165, 1.54) is 12.1 Å². The summed E-state index contributed by atoms with van der Waals surface area (Å²) in [5, 5.41) is 9.58. The van der Waals surface area contributed by atoms with Crippen molar-refractivity contribution in [2.45, 2.75) is 38.4 Å². The third kappa shape index (κ3) is 3.43. The predicted molar refractivity (Wildman–Crippen MR) is 66.1 cm³/mol. The second kappa shape index (κ2) is 6.16. The van der Waals surface area contributed by atoms with Gasteiger partial charge in [0, 0.05) is 24.7 Å². The predicted octanol–water partition coefficient (Wildman–Crippen LogP) is 2.83. The zero-order chi connectivity index (χ0) is 13.0. The van der Waals surface area contributed by atoms with Gasteiger partial charge in [-0.2, -0.15) is 0 Å². The van der Waals surface area contributed by atoms with Crippen LogP contribution in [0.4, 0.5) is 4.39 Å². The number of aliphatic hydroxyl groups is 1. The summed E-state index contributed by atoms with van der Waals surface area (Å²) in [4.78, 5) is 0. The molecule has 1 aliphatic rings. The van der Waals surface area contributed by atoms with Crippen molar-refractivity contribution in [1.29, 1.82) is 0 Å². The fourth-order valence-electron chi connectivity index (χ4n) is 2.15. The van der Waals surface area contributed by atoms with E-state index in [0.29, 0.717) is 17.9 Å². The van der Waals surface area contributed by atoms with E-state index in [9.17, 15) is 9.50 Å². The van der Waals surface area contributed by atoms with E-state index in [0.717, 1.165) is 25.9 Å². The minimum atomic E-state index is -0.664. The molecule has 18 heavy (non-hydrogen) atoms. The molecule has 100 valence electrons. The molecule has 2 atom stereocenters. The molecule has 1 unspecified atom stereocenters. The molecule has 0 aromatic heterocycles. The van der Waals surface area contributed by atoms with Gasteiger partial charge in [-0.1, -0.05) is 0 Å². The van der Waals surface area contributed by atoms with Crippen LogP contribution in [0.2, 0.25) is 0 Å². The Morgan fingerprint density at radius 2 is 2.39 bits per heavy atom. The summed E-state index contributed by atoms with van der Waals surface area (Å²) in [5.41, 5.74) is 0.615. The second-order valence-electron chi connectivity index (χ2n) is 4.63. The van der Waals surface area contributed by atoms with E-state index >= 15 is 0 Å². The van der Waals surface area contributed by atoms with Gasteiger partial charge >= 0.3 is 0 Å². The highest BCUT2D eigenvalue weighted by Crippen LogP contribution is 2.26. The Morgan fingerprint density at radius 3 is 3.06 bits per heavy atom. The maximum atomic E-state index is 13.2. The Hall–Kier alpha value is -1.13. The normalized spacial score (nSPS) is 20.9. The number of hydrogen-bond donors (Lipinski definition) is 1. The number of rotatable bonds is 5. The number of hydrogen-bond acceptors (Lipinski definition) is 3. The second-order valence-corrected chi connectivity index (χ2v) is 4.63. The molecule has 0 amide bonds. The summed E-state index contributed by atoms with van der Waals surface area (Å²) in [6, 6.07) is 4.20. The van der Waals surface area contributed by atoms with Gasteiger partial charge in [0.1, 0.15) is 11.6 Å². The Kier molecular flexibility index (Phi) is 4.55. The van der Waals surface area contributed by atoms with Crippen LogP contribution < -0.4 is 4.74 Å². The van der Waals surface area contributed by atoms with Gasteiger partial charge in [0.15, 0.2) is 0 Å². The summed E-state index contributed by atoms with van der Waals surface area (Å²) in [6.45, 7) is 2.94. The van der Waals surface area contributed by atoms with E-state index in [-0.39, 0.29) is 11.9 Å². The minimum Gasteiger partial charge on any atom is -0.493 e. The number of benzene rings is 1. The highest BCUT2D eigenvalue weighted by molar-refractivity contribution is 5.35. The largest absolute Gasteiger partial charge is 0.493 e. The maximum absolute atomic E-state index is 13.2. The minimum absolute atomic E-state index is 0.258. The first kappa shape index (κ1) is 13.3. The molecule has 4 heteroatoms. The number of halogens is 1. The lowest BCUT2D eigenvalue weighted by molar-refractivity contribution is 0.0896. The Balaban J connectivity index is 1.92. The van der Waals surface area contributed by atoms with E-state index < -0.39 is 6.10 Å². The SMILES string of the molecule is C[C@@H](O)c1ccc(F)cc1OCCC1CCCO1. The Morgan fingerprint density at radius 1 is 1.56 bits per heavy atom. The molecule has 1 fully saturated rings. The van der Waals surface area contributed by atoms with Gasteiger partial charge in [0.05, 0.1) is 18.8 Å². The molecule has 0 aliphatic carbocycles. The zero-order valence-corrected chi connectivity index (χ0v) is 10.6. The molecule has 0 radical (unpaired) electrons. The van der Waals surface area contributed by atoms with Gasteiger partial charge in [0.25, 0.3) is 0 Å². The van der Waals surface area contributed by atoms with Crippen molar-refractivity contribution in [3.05, 3.63) is 29.6 Å². The summed E-state index contributed by atoms with van der Waals surface area (Å²) < 4.78 is 24.2. The van der Waals surface area contributed by atoms with Gasteiger partial charge in [0.2, 0.25) is 0 Å². The van der Waals surface area contributed by atoms with Crippen LogP contribution in [0, 0.1) is 5.82 Å². The van der Waals surface area contributed by atoms with Gasteiger partial charge in [-0.05, 0) is 31.9 Å². The standard InChI is InChI=1S/C14H19FO3/c1-10(16)13-5-4-11(15)9-14(13)18-8-6-12-3-2-7-17-12/h4-5,9-10,12,16H,2-3,6-8H2,1H3/t10-,12?/m1/s1. The monoisotopic (exact) mass is 254 g/mol. The molecule has 1 aromatic rings. The molecular formula is C14H19FO3. The van der Waals surface area contributed by atoms with Crippen LogP contribution in [0.3, 0.4) is 0 Å². The van der Waals surface area contributed by atoms with E-state index in [4.69, 9.17) is 9.47 Å². The number of aliphatic hydroxyl groups excluding tert-OH is 1. The van der Waals surface area contributed by atoms with Crippen molar-refractivity contribution in [1.82, 2.24) is 0 Å². The van der Waals surface area contributed by atoms with Crippen LogP contribution in [0.1, 0.15) is 37.9 Å². The van der Waals surface area contributed by atoms with Gasteiger partial charge in [-0.15, -0.1) is 0 Å². The first-order valence-corrected chi connectivity index (χ1v) is 6.38. The van der Waals surface area contributed by atoms with E-state index in [1.807, 2.05) is 0 Å². The first-order chi connectivity index (χ1) is 8.66. The molecule has 0 spiro atoms. The van der Waals surface area contributed by atoms with Crippen LogP contribution in [0.5, 0.6) is 5.75 Å². The molecular weight excluding hydrogens is 235 g/mol. The quantitative estimate of drug-likeness (QED) is 0.878. The molecule has 1 aromatic carbocycles. The van der Waals surface area contributed by atoms with Crippen molar-refractivity contribution in [3.8, 4) is 5.75 Å². The molecule has 0 bridgehead atoms. The van der Waals surface area contributed by atoms with Crippen LogP contribution >= 0.6 is 0 Å². The summed E-state index contributed by atoms with van der Waals surface area (Å²) >= 11 is 0. The summed E-state index contributed by atoms with van der Waals surface area (Å²) in [6.07, 6.45) is 2.56. The van der Waals surface area contributed by atoms with Gasteiger partial charge in [-0.3, -0.25) is 0 Å². The van der Waals surface area contributed by atoms with Gasteiger partial charge < -0.3 is 14.6 Å². The average Bonchev–Trinajstić information content (AvgIpc) is 2.82. The first-order valence-electron chi connectivity index (χ1n) is 6.38. The van der Waals surface area contributed by atoms with E-state index in [2.05, 4.69) is 0 Å². The van der Waals surface area contributed by atoms with E-state index in [1.54, 1.807) is 13.0 Å². The van der Waals surface area contributed by atoms with Crippen molar-refractivity contribution in [2.24, 2.45) is 0 Å². The summed E-state index contributed by atoms with van der Waals surface area (Å²) in [5.74, 6) is 0.0644. The molecule has 2 rings (SSSR count). The highest BCUT2D eigenvalue weighted by Gasteiger charge is 2.16. The van der Waals surface area contributed by atoms with Crippen molar-refractivity contribution in [3.63, 3.8) is 0 Å². The number of ether oxygens (including phenoxy) is 2. The lowest BCUT2D eigenvalue weighted by Crippen LogP contribution is -2.11. The van der Waals surface area contributed by atoms with Crippen molar-refractivity contribution >= 4 is 0 Å². The molecule has 3 nitrogen and oxygen atoms in total. The fourth-order valence-corrected chi connectivity index (χ4v) is 2.15. The van der Waals surface area contributed by atoms with Crippen molar-refractivity contribution < 1.29 is 19.0 Å². The average molecular weight is 254 g/mol. The molecule has 1 aliphatic heterocycles. The molecule has 1 N–H and O–H groups in total. The zero-order valence-electron chi connectivity index (χ0n) is 10.6. The highest BCUT2D eigenvalue weighted by atomic mass is 19.1. The Labute approximate surface area is 107 Å². The van der Waals surface area contributed by atoms with Crippen LogP contribution in [0.25, 0.3) is 0 Å². The molecule has 1 heterocycles. The molecule has 1 saturated heterocycles. The summed E-state index contributed by atoms with van der Waals surface area (Å²) in [7, 11) is 0. The molecule has 0 saturated carbocycles. The van der Waals surface area contributed by atoms with Crippen LogP contribution in [-0.4, -0.2) is 24.4 Å². The maximum Gasteiger partial charge on any atom is 0.127 e. The third-order valence-electron chi connectivity index (χ3n) is 3.15. The topological polar surface area (TPSA) is 38.7 Å². The van der Waals surface area contributed by atoms with Crippen LogP contribution in [-0.2, 0) is 4.74 Å². The van der Waals surface area contributed by atoms with Crippen molar-refractivity contribution in [2.75, 3.05) is 13.2 Å². The van der Waals surface area contributed by atoms with Gasteiger partial charge in [-0.25, -0.2) is 4.39 Å².